The van der Waals surface area contributed by atoms with Crippen molar-refractivity contribution in [2.24, 2.45) is 11.7 Å². The highest BCUT2D eigenvalue weighted by Crippen LogP contribution is 2.35. The Bertz CT molecular complexity index is 402. The number of halogens is 3. The minimum Gasteiger partial charge on any atom is -0.330 e. The molecule has 0 spiro atoms. The van der Waals surface area contributed by atoms with Gasteiger partial charge in [-0.25, -0.2) is 8.78 Å². The summed E-state index contributed by atoms with van der Waals surface area (Å²) < 4.78 is 26.8. The average molecular weight is 305 g/mol. The lowest BCUT2D eigenvalue weighted by molar-refractivity contribution is 0.312. The van der Waals surface area contributed by atoms with E-state index in [-0.39, 0.29) is 10.5 Å². The molecule has 1 heterocycles. The molecule has 2 rings (SSSR count). The zero-order chi connectivity index (χ0) is 12.6. The lowest BCUT2D eigenvalue weighted by Crippen LogP contribution is -2.20. The fourth-order valence-corrected chi connectivity index (χ4v) is 2.66. The summed E-state index contributed by atoms with van der Waals surface area (Å²) in [5.41, 5.74) is 6.32. The van der Waals surface area contributed by atoms with Gasteiger partial charge >= 0.3 is 0 Å². The van der Waals surface area contributed by atoms with E-state index in [9.17, 15) is 8.78 Å². The van der Waals surface area contributed by atoms with Crippen LogP contribution in [0.1, 0.15) is 18.0 Å². The van der Waals surface area contributed by atoms with E-state index in [0.29, 0.717) is 18.0 Å². The molecule has 0 amide bonds. The summed E-state index contributed by atoms with van der Waals surface area (Å²) in [7, 11) is 1.96. The Morgan fingerprint density at radius 2 is 2.00 bits per heavy atom. The third-order valence-corrected chi connectivity index (χ3v) is 4.12. The van der Waals surface area contributed by atoms with Crippen LogP contribution in [0.3, 0.4) is 0 Å². The van der Waals surface area contributed by atoms with Crippen molar-refractivity contribution >= 4 is 15.9 Å². The SMILES string of the molecule is CN1CC(CN)CC1c1cc(F)c(Br)c(F)c1. The number of nitrogens with zero attached hydrogens (tertiary/aromatic N) is 1. The van der Waals surface area contributed by atoms with Crippen LogP contribution < -0.4 is 5.73 Å². The van der Waals surface area contributed by atoms with Gasteiger partial charge in [0.05, 0.1) is 4.47 Å². The van der Waals surface area contributed by atoms with Crippen molar-refractivity contribution in [1.29, 1.82) is 0 Å². The maximum Gasteiger partial charge on any atom is 0.140 e. The summed E-state index contributed by atoms with van der Waals surface area (Å²) in [6, 6.07) is 2.85. The molecule has 1 aliphatic heterocycles. The van der Waals surface area contributed by atoms with Crippen molar-refractivity contribution in [3.63, 3.8) is 0 Å². The number of rotatable bonds is 2. The summed E-state index contributed by atoms with van der Waals surface area (Å²) in [6.45, 7) is 1.49. The second-order valence-electron chi connectivity index (χ2n) is 4.59. The lowest BCUT2D eigenvalue weighted by Gasteiger charge is -2.20. The third-order valence-electron chi connectivity index (χ3n) is 3.36. The van der Waals surface area contributed by atoms with E-state index in [1.165, 1.54) is 12.1 Å². The van der Waals surface area contributed by atoms with Crippen LogP contribution in [0.4, 0.5) is 8.78 Å². The molecule has 1 fully saturated rings. The fourth-order valence-electron chi connectivity index (χ4n) is 2.43. The number of benzene rings is 1. The minimum absolute atomic E-state index is 0.0562. The Balaban J connectivity index is 2.29. The van der Waals surface area contributed by atoms with E-state index in [0.717, 1.165) is 13.0 Å². The molecular weight excluding hydrogens is 290 g/mol. The molecule has 0 aliphatic carbocycles. The van der Waals surface area contributed by atoms with Crippen LogP contribution in [0.2, 0.25) is 0 Å². The van der Waals surface area contributed by atoms with Gasteiger partial charge in [-0.3, -0.25) is 4.90 Å². The minimum atomic E-state index is -0.551. The first kappa shape index (κ1) is 12.9. The summed E-state index contributed by atoms with van der Waals surface area (Å²) in [5.74, 6) is -0.700. The molecule has 94 valence electrons. The molecular formula is C12H15BrF2N2. The van der Waals surface area contributed by atoms with Gasteiger partial charge in [0.15, 0.2) is 0 Å². The van der Waals surface area contributed by atoms with Gasteiger partial charge in [0.25, 0.3) is 0 Å². The van der Waals surface area contributed by atoms with Crippen molar-refractivity contribution in [2.45, 2.75) is 12.5 Å². The van der Waals surface area contributed by atoms with E-state index in [4.69, 9.17) is 5.73 Å². The van der Waals surface area contributed by atoms with Crippen molar-refractivity contribution in [1.82, 2.24) is 4.90 Å². The predicted octanol–water partition coefficient (Wildman–Crippen LogP) is 2.68. The van der Waals surface area contributed by atoms with Gasteiger partial charge in [0.1, 0.15) is 11.6 Å². The first-order valence-electron chi connectivity index (χ1n) is 5.57. The highest BCUT2D eigenvalue weighted by Gasteiger charge is 2.30. The van der Waals surface area contributed by atoms with Gasteiger partial charge in [-0.2, -0.15) is 0 Å². The molecule has 1 aromatic carbocycles. The number of hydrogen-bond donors (Lipinski definition) is 1. The molecule has 5 heteroatoms. The predicted molar refractivity (Wildman–Crippen MR) is 66.6 cm³/mol. The van der Waals surface area contributed by atoms with Gasteiger partial charge in [-0.15, -0.1) is 0 Å². The summed E-state index contributed by atoms with van der Waals surface area (Å²) in [5, 5.41) is 0. The van der Waals surface area contributed by atoms with Gasteiger partial charge < -0.3 is 5.73 Å². The second-order valence-corrected chi connectivity index (χ2v) is 5.38. The van der Waals surface area contributed by atoms with Crippen LogP contribution in [0.15, 0.2) is 16.6 Å². The first-order chi connectivity index (χ1) is 8.02. The van der Waals surface area contributed by atoms with Crippen molar-refractivity contribution in [2.75, 3.05) is 20.1 Å². The number of hydrogen-bond acceptors (Lipinski definition) is 2. The molecule has 2 nitrogen and oxygen atoms in total. The van der Waals surface area contributed by atoms with E-state index < -0.39 is 11.6 Å². The highest BCUT2D eigenvalue weighted by molar-refractivity contribution is 9.10. The Kier molecular flexibility index (Phi) is 3.80. The molecule has 2 atom stereocenters. The molecule has 0 saturated carbocycles. The van der Waals surface area contributed by atoms with E-state index in [1.54, 1.807) is 0 Å². The second kappa shape index (κ2) is 5.00. The highest BCUT2D eigenvalue weighted by atomic mass is 79.9. The smallest absolute Gasteiger partial charge is 0.140 e. The van der Waals surface area contributed by atoms with Gasteiger partial charge in [0.2, 0.25) is 0 Å². The van der Waals surface area contributed by atoms with E-state index in [1.807, 2.05) is 7.05 Å². The lowest BCUT2D eigenvalue weighted by atomic mass is 10.00. The maximum atomic E-state index is 13.5. The molecule has 1 aromatic rings. The summed E-state index contributed by atoms with van der Waals surface area (Å²) in [6.07, 6.45) is 0.855. The molecule has 0 aromatic heterocycles. The normalized spacial score (nSPS) is 25.5. The fraction of sp³-hybridized carbons (Fsp3) is 0.500. The van der Waals surface area contributed by atoms with Crippen LogP contribution in [0.25, 0.3) is 0 Å². The Labute approximate surface area is 108 Å². The molecule has 0 radical (unpaired) electrons. The number of likely N-dealkylation sites (tertiary alicyclic amines) is 1. The molecule has 17 heavy (non-hydrogen) atoms. The van der Waals surface area contributed by atoms with Gasteiger partial charge in [-0.05, 0) is 59.6 Å². The molecule has 0 bridgehead atoms. The Hall–Kier alpha value is -0.520. The van der Waals surface area contributed by atoms with Gasteiger partial charge in [-0.1, -0.05) is 0 Å². The number of nitrogens with two attached hydrogens (primary N) is 1. The summed E-state index contributed by atoms with van der Waals surface area (Å²) in [4.78, 5) is 2.10. The Morgan fingerprint density at radius 3 is 2.47 bits per heavy atom. The van der Waals surface area contributed by atoms with Crippen molar-refractivity contribution < 1.29 is 8.78 Å². The standard InChI is InChI=1S/C12H15BrF2N2/c1-17-6-7(5-16)2-11(17)8-3-9(14)12(13)10(15)4-8/h3-4,7,11H,2,5-6,16H2,1H3. The van der Waals surface area contributed by atoms with E-state index in [2.05, 4.69) is 20.8 Å². The molecule has 1 aliphatic rings. The topological polar surface area (TPSA) is 29.3 Å². The van der Waals surface area contributed by atoms with Crippen LogP contribution in [-0.2, 0) is 0 Å². The van der Waals surface area contributed by atoms with Crippen LogP contribution in [0.5, 0.6) is 0 Å². The largest absolute Gasteiger partial charge is 0.330 e. The monoisotopic (exact) mass is 304 g/mol. The molecule has 1 saturated heterocycles. The van der Waals surface area contributed by atoms with Crippen LogP contribution in [-0.4, -0.2) is 25.0 Å². The zero-order valence-corrected chi connectivity index (χ0v) is 11.2. The van der Waals surface area contributed by atoms with Gasteiger partial charge in [0, 0.05) is 12.6 Å². The first-order valence-corrected chi connectivity index (χ1v) is 6.37. The van der Waals surface area contributed by atoms with Crippen LogP contribution >= 0.6 is 15.9 Å². The molecule has 2 N–H and O–H groups in total. The summed E-state index contributed by atoms with van der Waals surface area (Å²) >= 11 is 2.88. The van der Waals surface area contributed by atoms with Crippen molar-refractivity contribution in [3.8, 4) is 0 Å². The van der Waals surface area contributed by atoms with Crippen LogP contribution in [0, 0.1) is 17.6 Å². The maximum absolute atomic E-state index is 13.5. The van der Waals surface area contributed by atoms with E-state index >= 15 is 0 Å². The average Bonchev–Trinajstić information content (AvgIpc) is 2.67. The quantitative estimate of drug-likeness (QED) is 0.851. The zero-order valence-electron chi connectivity index (χ0n) is 9.59. The molecule has 2 unspecified atom stereocenters. The van der Waals surface area contributed by atoms with Crippen molar-refractivity contribution in [3.05, 3.63) is 33.8 Å². The third kappa shape index (κ3) is 2.51. The Morgan fingerprint density at radius 1 is 1.41 bits per heavy atom.